The number of benzene rings is 6. The molecule has 9 aromatic rings. The van der Waals surface area contributed by atoms with E-state index in [0.717, 1.165) is 87.6 Å². The molecule has 0 fully saturated rings. The van der Waals surface area contributed by atoms with Crippen molar-refractivity contribution in [1.82, 2.24) is 44.5 Å². The molecule has 0 aliphatic carbocycles. The summed E-state index contributed by atoms with van der Waals surface area (Å²) in [4.78, 5) is 65.0. The lowest BCUT2D eigenvalue weighted by Gasteiger charge is -2.31. The topological polar surface area (TPSA) is 222 Å². The molecule has 6 heterocycles. The highest BCUT2D eigenvalue weighted by molar-refractivity contribution is 5.97. The smallest absolute Gasteiger partial charge is 0.410 e. The van der Waals surface area contributed by atoms with Crippen LogP contribution in [0.5, 0.6) is 0 Å². The van der Waals surface area contributed by atoms with Crippen LogP contribution in [0.4, 0.5) is 28.4 Å². The van der Waals surface area contributed by atoms with Gasteiger partial charge in [0.1, 0.15) is 40.0 Å². The SMILES string of the molecule is CC(C)(C)OC(=O)N1CCc2c(ccc(N)c2F)C1.CCc1cccc(-n2nc(C)cc2C(=O)Cc2ccc3c(c2F)CCN(C(=O)OC(C)(C)C)C3)c1.CCc1cccc(-n2nc(C)cc2C(=O)Cc2ccc3c(c2F)CCNC3)c1.CCc1cccc(-n2nc(C)cc2C(=O)O)c1.Cl. The van der Waals surface area contributed by atoms with Crippen LogP contribution in [0.1, 0.15) is 172 Å². The van der Waals surface area contributed by atoms with Crippen molar-refractivity contribution < 1.29 is 51.7 Å². The molecule has 528 valence electrons. The second-order valence-corrected chi connectivity index (χ2v) is 27.0. The molecule has 3 aromatic heterocycles. The Balaban J connectivity index is 0.000000176. The van der Waals surface area contributed by atoms with Crippen molar-refractivity contribution in [3.63, 3.8) is 0 Å². The van der Waals surface area contributed by atoms with Gasteiger partial charge in [-0.25, -0.2) is 41.6 Å². The number of aromatic carboxylic acids is 1. The van der Waals surface area contributed by atoms with Crippen LogP contribution in [-0.4, -0.2) is 105 Å². The Kier molecular flexibility index (Phi) is 25.0. The summed E-state index contributed by atoms with van der Waals surface area (Å²) in [5.41, 5.74) is 19.1. The van der Waals surface area contributed by atoms with Gasteiger partial charge in [0.2, 0.25) is 0 Å². The highest BCUT2D eigenvalue weighted by Crippen LogP contribution is 2.30. The summed E-state index contributed by atoms with van der Waals surface area (Å²) in [6, 6.07) is 39.2. The highest BCUT2D eigenvalue weighted by Gasteiger charge is 2.31. The molecule has 6 aromatic carbocycles. The van der Waals surface area contributed by atoms with E-state index in [1.54, 1.807) is 62.5 Å². The van der Waals surface area contributed by atoms with Gasteiger partial charge in [-0.1, -0.05) is 87.5 Å². The maximum absolute atomic E-state index is 15.4. The predicted octanol–water partition coefficient (Wildman–Crippen LogP) is 15.1. The third kappa shape index (κ3) is 18.9. The largest absolute Gasteiger partial charge is 0.477 e. The van der Waals surface area contributed by atoms with Crippen LogP contribution in [0.3, 0.4) is 0 Å². The minimum absolute atomic E-state index is 0. The number of ketones is 2. The number of halogens is 4. The Labute approximate surface area is 589 Å². The Bertz CT molecular complexity index is 4470. The fourth-order valence-corrected chi connectivity index (χ4v) is 12.0. The molecule has 4 N–H and O–H groups in total. The Morgan fingerprint density at radius 2 is 0.880 bits per heavy atom. The summed E-state index contributed by atoms with van der Waals surface area (Å²) in [6.45, 7) is 25.6. The van der Waals surface area contributed by atoms with Crippen molar-refractivity contribution in [1.29, 1.82) is 0 Å². The molecule has 0 saturated heterocycles. The number of anilines is 1. The van der Waals surface area contributed by atoms with Gasteiger partial charge >= 0.3 is 18.2 Å². The monoisotopic (exact) mass is 1390 g/mol. The van der Waals surface area contributed by atoms with Gasteiger partial charge in [0.05, 0.1) is 39.8 Å². The number of nitrogens with one attached hydrogen (secondary N) is 1. The number of carboxylic acid groups (broad SMARTS) is 1. The third-order valence-electron chi connectivity index (χ3n) is 17.0. The number of hydrogen-bond donors (Lipinski definition) is 3. The van der Waals surface area contributed by atoms with Crippen molar-refractivity contribution in [3.05, 3.63) is 240 Å². The number of carbonyl (C=O) groups is 5. The average Bonchev–Trinajstić information content (AvgIpc) is 1.30. The first kappa shape index (κ1) is 75.9. The zero-order valence-electron chi connectivity index (χ0n) is 59.0. The zero-order chi connectivity index (χ0) is 71.6. The van der Waals surface area contributed by atoms with Gasteiger partial charge < -0.3 is 35.4 Å². The van der Waals surface area contributed by atoms with E-state index in [0.29, 0.717) is 84.8 Å². The van der Waals surface area contributed by atoms with Gasteiger partial charge in [0.25, 0.3) is 0 Å². The molecule has 2 amide bonds. The van der Waals surface area contributed by atoms with Crippen LogP contribution < -0.4 is 11.1 Å². The first-order chi connectivity index (χ1) is 47.0. The predicted molar refractivity (Wildman–Crippen MR) is 383 cm³/mol. The number of carboxylic acids is 1. The van der Waals surface area contributed by atoms with E-state index >= 15 is 4.39 Å². The fraction of sp³-hybridized carbons (Fsp3) is 0.359. The van der Waals surface area contributed by atoms with Gasteiger partial charge in [0, 0.05) is 45.6 Å². The lowest BCUT2D eigenvalue weighted by molar-refractivity contribution is 0.0213. The third-order valence-corrected chi connectivity index (χ3v) is 17.0. The number of hydrogen-bond acceptors (Lipinski definition) is 12. The summed E-state index contributed by atoms with van der Waals surface area (Å²) < 4.78 is 59.8. The summed E-state index contributed by atoms with van der Waals surface area (Å²) in [7, 11) is 0. The number of Topliss-reactive ketones (excluding diaryl/α,β-unsaturated/α-hetero) is 2. The Hall–Kier alpha value is -9.86. The minimum atomic E-state index is -0.965. The molecule has 0 spiro atoms. The number of fused-ring (bicyclic) bond motifs is 3. The molecule has 12 rings (SSSR count). The first-order valence-electron chi connectivity index (χ1n) is 33.6. The van der Waals surface area contributed by atoms with Gasteiger partial charge in [-0.3, -0.25) is 9.59 Å². The van der Waals surface area contributed by atoms with Crippen LogP contribution in [0.2, 0.25) is 0 Å². The summed E-state index contributed by atoms with van der Waals surface area (Å²) in [5, 5.41) is 25.6. The minimum Gasteiger partial charge on any atom is -0.477 e. The highest BCUT2D eigenvalue weighted by atomic mass is 35.5. The lowest BCUT2D eigenvalue weighted by Crippen LogP contribution is -2.40. The molecular formula is C78H90ClF3N10O8. The van der Waals surface area contributed by atoms with Crippen molar-refractivity contribution >= 4 is 47.8 Å². The molecule has 0 saturated carbocycles. The van der Waals surface area contributed by atoms with Crippen molar-refractivity contribution in [2.75, 3.05) is 25.4 Å². The number of rotatable bonds is 13. The second-order valence-electron chi connectivity index (χ2n) is 27.0. The van der Waals surface area contributed by atoms with E-state index in [-0.39, 0.29) is 78.3 Å². The van der Waals surface area contributed by atoms with Gasteiger partial charge in [-0.05, 0) is 229 Å². The lowest BCUT2D eigenvalue weighted by atomic mass is 9.94. The zero-order valence-corrected chi connectivity index (χ0v) is 59.8. The maximum atomic E-state index is 15.4. The summed E-state index contributed by atoms with van der Waals surface area (Å²) in [5.74, 6) is -2.25. The quantitative estimate of drug-likeness (QED) is 0.0723. The van der Waals surface area contributed by atoms with Gasteiger partial charge in [0.15, 0.2) is 17.3 Å². The second kappa shape index (κ2) is 32.9. The van der Waals surface area contributed by atoms with Crippen LogP contribution in [0.25, 0.3) is 17.1 Å². The fourth-order valence-electron chi connectivity index (χ4n) is 12.0. The normalized spacial score (nSPS) is 13.1. The molecule has 3 aliphatic heterocycles. The molecular weight excluding hydrogens is 1300 g/mol. The number of nitrogen functional groups attached to an aromatic ring is 1. The number of nitrogens with two attached hydrogens (primary N) is 1. The van der Waals surface area contributed by atoms with Crippen LogP contribution in [0, 0.1) is 38.2 Å². The van der Waals surface area contributed by atoms with E-state index in [2.05, 4.69) is 47.5 Å². The number of nitrogens with zero attached hydrogens (tertiary/aromatic N) is 8. The molecule has 0 atom stereocenters. The Morgan fingerprint density at radius 1 is 0.510 bits per heavy atom. The average molecular weight is 1390 g/mol. The van der Waals surface area contributed by atoms with Crippen molar-refractivity contribution in [3.8, 4) is 17.1 Å². The molecule has 0 bridgehead atoms. The van der Waals surface area contributed by atoms with Crippen LogP contribution >= 0.6 is 12.4 Å². The van der Waals surface area contributed by atoms with Gasteiger partial charge in [-0.2, -0.15) is 15.3 Å². The number of aromatic nitrogens is 6. The van der Waals surface area contributed by atoms with E-state index in [1.807, 2.05) is 134 Å². The van der Waals surface area contributed by atoms with E-state index in [9.17, 15) is 32.8 Å². The molecule has 0 radical (unpaired) electrons. The van der Waals surface area contributed by atoms with E-state index in [1.165, 1.54) is 16.3 Å². The van der Waals surface area contributed by atoms with E-state index in [4.69, 9.17) is 20.3 Å². The standard InChI is InChI=1S/C28H32FN3O3.C23H24FN3O.C14H19FN2O2.C13H14N2O2.ClH/c1-6-19-8-7-9-22(15-19)32-24(14-18(2)30-32)25(33)16-20-10-11-21-17-31(13-12-23(21)26(20)29)27(34)35-28(3,4)5;1-3-16-5-4-6-19(12-16)27-21(11-15(2)26-27)22(28)13-17-7-8-18-14-25-10-9-20(18)23(17)24;1-14(2,3)19-13(18)17-7-6-10-9(8-17)4-5-11(16)12(10)15;1-3-10-5-4-6-11(8-10)15-12(13(16)17)7-9(2)14-15;/h7-11,14-15H,6,12-13,16-17H2,1-5H3;4-8,11-12,25H,3,9-10,13-14H2,1-2H3;4-5H,6-8,16H2,1-3H3;4-8H,3H2,1-2H3,(H,16,17);1H. The molecule has 18 nitrogen and oxygen atoms in total. The summed E-state index contributed by atoms with van der Waals surface area (Å²) >= 11 is 0. The molecule has 22 heteroatoms. The number of aryl methyl sites for hydroxylation is 6. The first-order valence-corrected chi connectivity index (χ1v) is 33.6. The summed E-state index contributed by atoms with van der Waals surface area (Å²) in [6.07, 6.45) is 3.40. The van der Waals surface area contributed by atoms with Crippen molar-refractivity contribution in [2.45, 2.75) is 165 Å². The molecule has 0 unspecified atom stereocenters. The number of ether oxygens (including phenoxy) is 2. The Morgan fingerprint density at radius 3 is 1.28 bits per heavy atom. The maximum Gasteiger partial charge on any atom is 0.410 e. The van der Waals surface area contributed by atoms with Crippen LogP contribution in [0.15, 0.2) is 127 Å². The molecule has 3 aliphatic rings. The van der Waals surface area contributed by atoms with Gasteiger partial charge in [-0.15, -0.1) is 12.4 Å². The molecule has 100 heavy (non-hydrogen) atoms. The van der Waals surface area contributed by atoms with E-state index < -0.39 is 23.3 Å². The number of amides is 2. The van der Waals surface area contributed by atoms with Crippen molar-refractivity contribution in [2.24, 2.45) is 0 Å². The van der Waals surface area contributed by atoms with Crippen LogP contribution in [-0.2, 0) is 80.5 Å². The number of carbonyl (C=O) groups excluding carboxylic acids is 4.